The van der Waals surface area contributed by atoms with Crippen LogP contribution in [0.1, 0.15) is 23.6 Å². The van der Waals surface area contributed by atoms with E-state index in [-0.39, 0.29) is 11.9 Å². The number of rotatable bonds is 6. The average Bonchev–Trinajstić information content (AvgIpc) is 2.50. The Hall–Kier alpha value is -1.87. The van der Waals surface area contributed by atoms with Gasteiger partial charge in [-0.2, -0.15) is 0 Å². The van der Waals surface area contributed by atoms with Gasteiger partial charge < -0.3 is 10.1 Å². The standard InChI is InChI=1S/C17H20FNO/c1-19-15(12-11-13-7-4-3-5-8-13)14-9-6-10-16(20-2)17(14)18/h3-10,15,19H,11-12H2,1-2H3. The molecule has 1 N–H and O–H groups in total. The number of hydrogen-bond acceptors (Lipinski definition) is 2. The van der Waals surface area contributed by atoms with Crippen molar-refractivity contribution in [2.24, 2.45) is 0 Å². The zero-order chi connectivity index (χ0) is 14.4. The van der Waals surface area contributed by atoms with E-state index < -0.39 is 0 Å². The molecule has 0 fully saturated rings. The second-order valence-corrected chi connectivity index (χ2v) is 4.73. The quantitative estimate of drug-likeness (QED) is 0.866. The summed E-state index contributed by atoms with van der Waals surface area (Å²) in [5, 5.41) is 3.19. The highest BCUT2D eigenvalue weighted by molar-refractivity contribution is 5.33. The van der Waals surface area contributed by atoms with Gasteiger partial charge in [-0.1, -0.05) is 42.5 Å². The molecular weight excluding hydrogens is 253 g/mol. The van der Waals surface area contributed by atoms with Crippen LogP contribution in [0.25, 0.3) is 0 Å². The number of methoxy groups -OCH3 is 1. The average molecular weight is 273 g/mol. The van der Waals surface area contributed by atoms with Gasteiger partial charge in [0, 0.05) is 11.6 Å². The summed E-state index contributed by atoms with van der Waals surface area (Å²) < 4.78 is 19.3. The molecule has 2 nitrogen and oxygen atoms in total. The van der Waals surface area contributed by atoms with Crippen LogP contribution >= 0.6 is 0 Å². The minimum atomic E-state index is -0.276. The maximum absolute atomic E-state index is 14.3. The van der Waals surface area contributed by atoms with Gasteiger partial charge in [-0.05, 0) is 31.5 Å². The van der Waals surface area contributed by atoms with E-state index >= 15 is 0 Å². The number of halogens is 1. The molecule has 0 radical (unpaired) electrons. The molecule has 0 amide bonds. The van der Waals surface area contributed by atoms with Crippen LogP contribution in [0.4, 0.5) is 4.39 Å². The first-order chi connectivity index (χ1) is 9.76. The van der Waals surface area contributed by atoms with Gasteiger partial charge in [-0.15, -0.1) is 0 Å². The largest absolute Gasteiger partial charge is 0.494 e. The highest BCUT2D eigenvalue weighted by Crippen LogP contribution is 2.27. The molecule has 0 aliphatic carbocycles. The maximum Gasteiger partial charge on any atom is 0.169 e. The normalized spacial score (nSPS) is 12.2. The van der Waals surface area contributed by atoms with Gasteiger partial charge in [0.1, 0.15) is 0 Å². The van der Waals surface area contributed by atoms with E-state index in [4.69, 9.17) is 4.74 Å². The first kappa shape index (κ1) is 14.5. The Labute approximate surface area is 119 Å². The van der Waals surface area contributed by atoms with E-state index in [1.165, 1.54) is 12.7 Å². The first-order valence-electron chi connectivity index (χ1n) is 6.80. The Morgan fingerprint density at radius 3 is 2.50 bits per heavy atom. The molecule has 0 heterocycles. The van der Waals surface area contributed by atoms with Crippen molar-refractivity contribution in [2.45, 2.75) is 18.9 Å². The van der Waals surface area contributed by atoms with E-state index in [2.05, 4.69) is 17.4 Å². The summed E-state index contributed by atoms with van der Waals surface area (Å²) in [5.41, 5.74) is 1.92. The van der Waals surface area contributed by atoms with Crippen LogP contribution in [0.15, 0.2) is 48.5 Å². The first-order valence-corrected chi connectivity index (χ1v) is 6.80. The summed E-state index contributed by atoms with van der Waals surface area (Å²) in [6, 6.07) is 15.5. The van der Waals surface area contributed by atoms with Gasteiger partial charge in [0.05, 0.1) is 7.11 Å². The van der Waals surface area contributed by atoms with Crippen molar-refractivity contribution in [1.82, 2.24) is 5.32 Å². The third-order valence-corrected chi connectivity index (χ3v) is 3.50. The monoisotopic (exact) mass is 273 g/mol. The third-order valence-electron chi connectivity index (χ3n) is 3.50. The molecule has 3 heteroatoms. The van der Waals surface area contributed by atoms with E-state index in [9.17, 15) is 4.39 Å². The van der Waals surface area contributed by atoms with Crippen LogP contribution in [0.3, 0.4) is 0 Å². The molecular formula is C17H20FNO. The molecule has 0 bridgehead atoms. The molecule has 0 aliphatic heterocycles. The van der Waals surface area contributed by atoms with Crippen LogP contribution in [-0.2, 0) is 6.42 Å². The third kappa shape index (κ3) is 3.36. The van der Waals surface area contributed by atoms with Crippen LogP contribution < -0.4 is 10.1 Å². The minimum absolute atomic E-state index is 0.0229. The maximum atomic E-state index is 14.3. The van der Waals surface area contributed by atoms with Gasteiger partial charge >= 0.3 is 0 Å². The highest BCUT2D eigenvalue weighted by Gasteiger charge is 2.16. The molecule has 0 aliphatic rings. The second kappa shape index (κ2) is 7.06. The summed E-state index contributed by atoms with van der Waals surface area (Å²) in [6.07, 6.45) is 1.74. The SMILES string of the molecule is CNC(CCc1ccccc1)c1cccc(OC)c1F. The second-order valence-electron chi connectivity index (χ2n) is 4.73. The lowest BCUT2D eigenvalue weighted by Crippen LogP contribution is -2.18. The summed E-state index contributed by atoms with van der Waals surface area (Å²) in [5.74, 6) is 0.0184. The molecule has 1 atom stereocenters. The predicted molar refractivity (Wildman–Crippen MR) is 79.5 cm³/mol. The Balaban J connectivity index is 2.12. The number of aryl methyl sites for hydroxylation is 1. The van der Waals surface area contributed by atoms with Gasteiger partial charge in [-0.3, -0.25) is 0 Å². The van der Waals surface area contributed by atoms with Gasteiger partial charge in [0.2, 0.25) is 0 Å². The van der Waals surface area contributed by atoms with E-state index in [1.807, 2.05) is 37.4 Å². The van der Waals surface area contributed by atoms with Crippen LogP contribution in [0.5, 0.6) is 5.75 Å². The lowest BCUT2D eigenvalue weighted by molar-refractivity contribution is 0.379. The fourth-order valence-electron chi connectivity index (χ4n) is 2.37. The number of hydrogen-bond donors (Lipinski definition) is 1. The Morgan fingerprint density at radius 1 is 1.10 bits per heavy atom. The molecule has 2 aromatic rings. The van der Waals surface area contributed by atoms with E-state index in [0.29, 0.717) is 11.3 Å². The number of ether oxygens (including phenoxy) is 1. The Morgan fingerprint density at radius 2 is 1.85 bits per heavy atom. The van der Waals surface area contributed by atoms with E-state index in [1.54, 1.807) is 6.07 Å². The van der Waals surface area contributed by atoms with Crippen molar-refractivity contribution < 1.29 is 9.13 Å². The smallest absolute Gasteiger partial charge is 0.169 e. The number of benzene rings is 2. The molecule has 0 saturated carbocycles. The van der Waals surface area contributed by atoms with E-state index in [0.717, 1.165) is 12.8 Å². The predicted octanol–water partition coefficient (Wildman–Crippen LogP) is 3.73. The van der Waals surface area contributed by atoms with Crippen molar-refractivity contribution in [3.05, 3.63) is 65.5 Å². The summed E-state index contributed by atoms with van der Waals surface area (Å²) in [6.45, 7) is 0. The van der Waals surface area contributed by atoms with Gasteiger partial charge in [0.25, 0.3) is 0 Å². The minimum Gasteiger partial charge on any atom is -0.494 e. The fourth-order valence-corrected chi connectivity index (χ4v) is 2.37. The molecule has 0 aromatic heterocycles. The van der Waals surface area contributed by atoms with Crippen molar-refractivity contribution >= 4 is 0 Å². The molecule has 2 rings (SSSR count). The zero-order valence-corrected chi connectivity index (χ0v) is 11.9. The number of nitrogens with one attached hydrogen (secondary N) is 1. The van der Waals surface area contributed by atoms with Crippen LogP contribution in [0, 0.1) is 5.82 Å². The Kier molecular flexibility index (Phi) is 5.13. The molecule has 106 valence electrons. The summed E-state index contributed by atoms with van der Waals surface area (Å²) in [4.78, 5) is 0. The molecule has 20 heavy (non-hydrogen) atoms. The summed E-state index contributed by atoms with van der Waals surface area (Å²) in [7, 11) is 3.34. The molecule has 0 saturated heterocycles. The van der Waals surface area contributed by atoms with Gasteiger partial charge in [0.15, 0.2) is 11.6 Å². The Bertz CT molecular complexity index is 542. The summed E-state index contributed by atoms with van der Waals surface area (Å²) >= 11 is 0. The molecule has 0 spiro atoms. The molecule has 1 unspecified atom stereocenters. The van der Waals surface area contributed by atoms with Crippen LogP contribution in [0.2, 0.25) is 0 Å². The highest BCUT2D eigenvalue weighted by atomic mass is 19.1. The topological polar surface area (TPSA) is 21.3 Å². The lowest BCUT2D eigenvalue weighted by Gasteiger charge is -2.18. The lowest BCUT2D eigenvalue weighted by atomic mass is 9.98. The zero-order valence-electron chi connectivity index (χ0n) is 11.9. The fraction of sp³-hybridized carbons (Fsp3) is 0.294. The molecule has 2 aromatic carbocycles. The van der Waals surface area contributed by atoms with Crippen molar-refractivity contribution in [3.63, 3.8) is 0 Å². The van der Waals surface area contributed by atoms with Crippen molar-refractivity contribution in [2.75, 3.05) is 14.2 Å². The van der Waals surface area contributed by atoms with Crippen LogP contribution in [-0.4, -0.2) is 14.2 Å². The van der Waals surface area contributed by atoms with Crippen molar-refractivity contribution in [3.8, 4) is 5.75 Å². The van der Waals surface area contributed by atoms with Gasteiger partial charge in [-0.25, -0.2) is 4.39 Å². The van der Waals surface area contributed by atoms with Crippen molar-refractivity contribution in [1.29, 1.82) is 0 Å².